The van der Waals surface area contributed by atoms with Crippen LogP contribution in [-0.2, 0) is 9.84 Å². The highest BCUT2D eigenvalue weighted by Gasteiger charge is 2.28. The second kappa shape index (κ2) is 6.92. The fourth-order valence-electron chi connectivity index (χ4n) is 3.89. The molecule has 0 amide bonds. The molecule has 0 saturated carbocycles. The summed E-state index contributed by atoms with van der Waals surface area (Å²) in [5.74, 6) is 0.719. The normalized spacial score (nSPS) is 14.8. The van der Waals surface area contributed by atoms with Gasteiger partial charge in [-0.05, 0) is 68.1 Å². The van der Waals surface area contributed by atoms with E-state index in [-0.39, 0.29) is 15.6 Å². The molecule has 4 aromatic rings. The van der Waals surface area contributed by atoms with Crippen LogP contribution in [0.3, 0.4) is 0 Å². The highest BCUT2D eigenvalue weighted by atomic mass is 35.5. The Morgan fingerprint density at radius 2 is 1.77 bits per heavy atom. The maximum absolute atomic E-state index is 13.4. The summed E-state index contributed by atoms with van der Waals surface area (Å²) in [5.41, 5.74) is 2.88. The minimum absolute atomic E-state index is 0.136. The summed E-state index contributed by atoms with van der Waals surface area (Å²) in [4.78, 5) is 7.10. The third kappa shape index (κ3) is 2.94. The van der Waals surface area contributed by atoms with Crippen molar-refractivity contribution in [2.45, 2.75) is 36.6 Å². The predicted molar refractivity (Wildman–Crippen MR) is 116 cm³/mol. The van der Waals surface area contributed by atoms with E-state index in [4.69, 9.17) is 16.6 Å². The van der Waals surface area contributed by atoms with Gasteiger partial charge in [0.2, 0.25) is 14.9 Å². The molecule has 7 nitrogen and oxygen atoms in total. The van der Waals surface area contributed by atoms with Gasteiger partial charge < -0.3 is 4.90 Å². The SMILES string of the molecule is Cc1ccc(S(=O)(=O)c2nnn3c2nc(N2CCCC2)c2cc(Cl)ccc23)cc1C. The molecular weight excluding hydrogens is 422 g/mol. The molecule has 0 aliphatic carbocycles. The van der Waals surface area contributed by atoms with E-state index in [0.29, 0.717) is 5.02 Å². The number of rotatable bonds is 3. The average molecular weight is 442 g/mol. The lowest BCUT2D eigenvalue weighted by atomic mass is 10.1. The van der Waals surface area contributed by atoms with Gasteiger partial charge in [0.1, 0.15) is 5.82 Å². The van der Waals surface area contributed by atoms with Crippen LogP contribution in [0.1, 0.15) is 24.0 Å². The number of nitrogens with zero attached hydrogens (tertiary/aromatic N) is 5. The number of benzene rings is 2. The molecule has 0 spiro atoms. The first kappa shape index (κ1) is 19.3. The second-order valence-electron chi connectivity index (χ2n) is 7.67. The fraction of sp³-hybridized carbons (Fsp3) is 0.286. The minimum atomic E-state index is -3.88. The van der Waals surface area contributed by atoms with E-state index in [1.807, 2.05) is 26.0 Å². The van der Waals surface area contributed by atoms with Crippen LogP contribution in [-0.4, -0.2) is 41.3 Å². The lowest BCUT2D eigenvalue weighted by Crippen LogP contribution is -2.20. The van der Waals surface area contributed by atoms with E-state index < -0.39 is 9.84 Å². The van der Waals surface area contributed by atoms with Gasteiger partial charge in [-0.3, -0.25) is 0 Å². The van der Waals surface area contributed by atoms with Crippen molar-refractivity contribution < 1.29 is 8.42 Å². The van der Waals surface area contributed by atoms with E-state index >= 15 is 0 Å². The molecule has 1 aliphatic rings. The molecular formula is C21H20ClN5O2S. The van der Waals surface area contributed by atoms with E-state index in [0.717, 1.165) is 53.8 Å². The topological polar surface area (TPSA) is 80.5 Å². The molecule has 2 aromatic heterocycles. The van der Waals surface area contributed by atoms with Gasteiger partial charge in [-0.15, -0.1) is 5.10 Å². The van der Waals surface area contributed by atoms with Gasteiger partial charge in [-0.1, -0.05) is 22.9 Å². The summed E-state index contributed by atoms with van der Waals surface area (Å²) in [7, 11) is -3.88. The molecule has 0 unspecified atom stereocenters. The molecule has 5 rings (SSSR count). The monoisotopic (exact) mass is 441 g/mol. The Balaban J connectivity index is 1.79. The number of halogens is 1. The maximum Gasteiger partial charge on any atom is 0.229 e. The third-order valence-corrected chi connectivity index (χ3v) is 7.59. The summed E-state index contributed by atoms with van der Waals surface area (Å²) >= 11 is 6.25. The van der Waals surface area contributed by atoms with Crippen LogP contribution >= 0.6 is 11.6 Å². The number of anilines is 1. The van der Waals surface area contributed by atoms with Gasteiger partial charge in [-0.2, -0.15) is 4.52 Å². The summed E-state index contributed by atoms with van der Waals surface area (Å²) in [6, 6.07) is 10.5. The molecule has 0 bridgehead atoms. The molecule has 0 radical (unpaired) electrons. The van der Waals surface area contributed by atoms with E-state index in [2.05, 4.69) is 15.2 Å². The largest absolute Gasteiger partial charge is 0.356 e. The lowest BCUT2D eigenvalue weighted by molar-refractivity contribution is 0.592. The van der Waals surface area contributed by atoms with Crippen LogP contribution in [0.5, 0.6) is 0 Å². The molecule has 3 heterocycles. The van der Waals surface area contributed by atoms with Crippen LogP contribution in [0.4, 0.5) is 5.82 Å². The standard InChI is InChI=1S/C21H20ClN5O2S/c1-13-5-7-16(11-14(13)2)30(28,29)21-20-23-19(26-9-3-4-10-26)17-12-15(22)6-8-18(17)27(20)25-24-21/h5-8,11-12H,3-4,9-10H2,1-2H3. The van der Waals surface area contributed by atoms with Crippen molar-refractivity contribution in [2.24, 2.45) is 0 Å². The number of aromatic nitrogens is 4. The molecule has 2 aromatic carbocycles. The molecule has 1 aliphatic heterocycles. The Kier molecular flexibility index (Phi) is 4.44. The highest BCUT2D eigenvalue weighted by molar-refractivity contribution is 7.91. The predicted octanol–water partition coefficient (Wildman–Crippen LogP) is 3.98. The maximum atomic E-state index is 13.4. The molecule has 154 valence electrons. The molecule has 1 fully saturated rings. The molecule has 30 heavy (non-hydrogen) atoms. The van der Waals surface area contributed by atoms with Crippen molar-refractivity contribution in [3.05, 3.63) is 52.5 Å². The number of sulfone groups is 1. The summed E-state index contributed by atoms with van der Waals surface area (Å²) in [6.07, 6.45) is 2.14. The van der Waals surface area contributed by atoms with Crippen molar-refractivity contribution in [3.8, 4) is 0 Å². The van der Waals surface area contributed by atoms with E-state index in [1.54, 1.807) is 24.3 Å². The van der Waals surface area contributed by atoms with Crippen LogP contribution < -0.4 is 4.90 Å². The Bertz CT molecular complexity index is 1410. The molecule has 9 heteroatoms. The minimum Gasteiger partial charge on any atom is -0.356 e. The van der Waals surface area contributed by atoms with Gasteiger partial charge in [0, 0.05) is 23.5 Å². The zero-order chi connectivity index (χ0) is 21.0. The number of fused-ring (bicyclic) bond motifs is 3. The van der Waals surface area contributed by atoms with Crippen molar-refractivity contribution in [1.82, 2.24) is 19.8 Å². The first-order valence-corrected chi connectivity index (χ1v) is 11.6. The summed E-state index contributed by atoms with van der Waals surface area (Å²) in [6.45, 7) is 5.57. The zero-order valence-electron chi connectivity index (χ0n) is 16.6. The van der Waals surface area contributed by atoms with Gasteiger partial charge >= 0.3 is 0 Å². The number of hydrogen-bond acceptors (Lipinski definition) is 6. The van der Waals surface area contributed by atoms with E-state index in [1.165, 1.54) is 4.52 Å². The smallest absolute Gasteiger partial charge is 0.229 e. The van der Waals surface area contributed by atoms with Gasteiger partial charge in [0.25, 0.3) is 0 Å². The summed E-state index contributed by atoms with van der Waals surface area (Å²) in [5, 5.41) is 9.47. The average Bonchev–Trinajstić information content (AvgIpc) is 3.39. The lowest BCUT2D eigenvalue weighted by Gasteiger charge is -2.19. The second-order valence-corrected chi connectivity index (χ2v) is 9.97. The zero-order valence-corrected chi connectivity index (χ0v) is 18.2. The Morgan fingerprint density at radius 3 is 2.50 bits per heavy atom. The highest BCUT2D eigenvalue weighted by Crippen LogP contribution is 2.33. The number of aryl methyl sites for hydroxylation is 2. The first-order valence-electron chi connectivity index (χ1n) is 9.78. The van der Waals surface area contributed by atoms with Crippen molar-refractivity contribution >= 4 is 43.8 Å². The number of hydrogen-bond donors (Lipinski definition) is 0. The molecule has 0 atom stereocenters. The van der Waals surface area contributed by atoms with E-state index in [9.17, 15) is 8.42 Å². The van der Waals surface area contributed by atoms with Gasteiger partial charge in [-0.25, -0.2) is 13.4 Å². The van der Waals surface area contributed by atoms with Gasteiger partial charge in [0.05, 0.1) is 10.4 Å². The third-order valence-electron chi connectivity index (χ3n) is 5.71. The Labute approximate surface area is 179 Å². The van der Waals surface area contributed by atoms with Crippen LogP contribution in [0.2, 0.25) is 5.02 Å². The molecule has 0 N–H and O–H groups in total. The fourth-order valence-corrected chi connectivity index (χ4v) is 5.38. The van der Waals surface area contributed by atoms with Crippen molar-refractivity contribution in [1.29, 1.82) is 0 Å². The Morgan fingerprint density at radius 1 is 1.00 bits per heavy atom. The van der Waals surface area contributed by atoms with Crippen LogP contribution in [0.25, 0.3) is 16.6 Å². The van der Waals surface area contributed by atoms with Crippen LogP contribution in [0.15, 0.2) is 46.3 Å². The Hall–Kier alpha value is -2.71. The van der Waals surface area contributed by atoms with Gasteiger partial charge in [0.15, 0.2) is 5.65 Å². The molecule has 1 saturated heterocycles. The van der Waals surface area contributed by atoms with Crippen LogP contribution in [0, 0.1) is 13.8 Å². The van der Waals surface area contributed by atoms with Crippen molar-refractivity contribution in [3.63, 3.8) is 0 Å². The quantitative estimate of drug-likeness (QED) is 0.478. The van der Waals surface area contributed by atoms with Crippen molar-refractivity contribution in [2.75, 3.05) is 18.0 Å². The first-order chi connectivity index (χ1) is 14.4. The summed E-state index contributed by atoms with van der Waals surface area (Å²) < 4.78 is 28.3.